The van der Waals surface area contributed by atoms with Gasteiger partial charge in [-0.05, 0) is 47.5 Å². The monoisotopic (exact) mass is 585 g/mol. The van der Waals surface area contributed by atoms with E-state index in [0.29, 0.717) is 11.3 Å². The largest absolute Gasteiger partial charge is 0.465 e. The number of esters is 1. The number of amides is 2. The van der Waals surface area contributed by atoms with E-state index in [2.05, 4.69) is 31.8 Å². The zero-order valence-corrected chi connectivity index (χ0v) is 22.2. The highest BCUT2D eigenvalue weighted by Crippen LogP contribution is 2.25. The number of carbonyl (C=O) groups excluding carboxylic acids is 3. The highest BCUT2D eigenvalue weighted by atomic mass is 79.9. The summed E-state index contributed by atoms with van der Waals surface area (Å²) in [5.74, 6) is -1.25. The number of halogens is 1. The Hall–Kier alpha value is -4.76. The molecule has 1 heterocycles. The van der Waals surface area contributed by atoms with Crippen molar-refractivity contribution in [2.24, 2.45) is 5.10 Å². The molecule has 39 heavy (non-hydrogen) atoms. The van der Waals surface area contributed by atoms with E-state index < -0.39 is 17.8 Å². The van der Waals surface area contributed by atoms with Gasteiger partial charge in [0.2, 0.25) is 5.91 Å². The predicted octanol–water partition coefficient (Wildman–Crippen LogP) is 5.06. The van der Waals surface area contributed by atoms with Gasteiger partial charge in [-0.15, -0.1) is 0 Å². The standard InChI is InChI=1S/C30H24BrN3O5/c31-24-13-15-26(39-28(36)16-14-25-12-7-17-38-25)23(18-24)19-33-34-27(35)20-32-30(37)29(21-8-3-1-4-9-21)22-10-5-2-6-11-22/h1-19,29H,20H2,(H,32,37)(H,34,35)/b16-14+,33-19+. The van der Waals surface area contributed by atoms with Crippen LogP contribution in [0.2, 0.25) is 0 Å². The van der Waals surface area contributed by atoms with Gasteiger partial charge in [0.05, 0.1) is 24.9 Å². The molecule has 0 spiro atoms. The second-order valence-electron chi connectivity index (χ2n) is 8.22. The average Bonchev–Trinajstić information content (AvgIpc) is 3.47. The van der Waals surface area contributed by atoms with Crippen molar-refractivity contribution >= 4 is 46.0 Å². The number of carbonyl (C=O) groups is 3. The van der Waals surface area contributed by atoms with Crippen LogP contribution in [0, 0.1) is 0 Å². The molecule has 0 fully saturated rings. The first kappa shape index (κ1) is 27.3. The summed E-state index contributed by atoms with van der Waals surface area (Å²) in [6.45, 7) is -0.274. The van der Waals surface area contributed by atoms with Gasteiger partial charge >= 0.3 is 5.97 Å². The van der Waals surface area contributed by atoms with Gasteiger partial charge in [-0.3, -0.25) is 9.59 Å². The number of hydrogen-bond acceptors (Lipinski definition) is 6. The quantitative estimate of drug-likeness (QED) is 0.0888. The van der Waals surface area contributed by atoms with Gasteiger partial charge < -0.3 is 14.5 Å². The van der Waals surface area contributed by atoms with Gasteiger partial charge in [-0.2, -0.15) is 5.10 Å². The molecule has 4 rings (SSSR count). The Labute approximate surface area is 233 Å². The van der Waals surface area contributed by atoms with E-state index in [4.69, 9.17) is 9.15 Å². The van der Waals surface area contributed by atoms with E-state index in [1.54, 1.807) is 30.3 Å². The number of furan rings is 1. The predicted molar refractivity (Wildman–Crippen MR) is 151 cm³/mol. The Balaban J connectivity index is 1.35. The molecule has 8 nitrogen and oxygen atoms in total. The summed E-state index contributed by atoms with van der Waals surface area (Å²) in [7, 11) is 0. The Morgan fingerprint density at radius 1 is 0.923 bits per heavy atom. The number of hydrogen-bond donors (Lipinski definition) is 2. The smallest absolute Gasteiger partial charge is 0.336 e. The van der Waals surface area contributed by atoms with E-state index in [9.17, 15) is 14.4 Å². The van der Waals surface area contributed by atoms with Gasteiger partial charge in [-0.1, -0.05) is 76.6 Å². The van der Waals surface area contributed by atoms with Crippen molar-refractivity contribution in [2.75, 3.05) is 6.54 Å². The fourth-order valence-electron chi connectivity index (χ4n) is 3.66. The highest BCUT2D eigenvalue weighted by Gasteiger charge is 2.22. The first-order valence-corrected chi connectivity index (χ1v) is 12.7. The van der Waals surface area contributed by atoms with E-state index in [0.717, 1.165) is 15.6 Å². The first-order valence-electron chi connectivity index (χ1n) is 11.9. The van der Waals surface area contributed by atoms with Crippen molar-refractivity contribution < 1.29 is 23.5 Å². The molecule has 0 unspecified atom stereocenters. The lowest BCUT2D eigenvalue weighted by Gasteiger charge is -2.17. The number of rotatable bonds is 10. The maximum atomic E-state index is 13.1. The second-order valence-corrected chi connectivity index (χ2v) is 9.13. The summed E-state index contributed by atoms with van der Waals surface area (Å²) in [5, 5.41) is 6.64. The van der Waals surface area contributed by atoms with Crippen molar-refractivity contribution in [1.29, 1.82) is 0 Å². The highest BCUT2D eigenvalue weighted by molar-refractivity contribution is 9.10. The average molecular weight is 586 g/mol. The maximum absolute atomic E-state index is 13.1. The molecule has 196 valence electrons. The summed E-state index contributed by atoms with van der Waals surface area (Å²) in [4.78, 5) is 37.7. The summed E-state index contributed by atoms with van der Waals surface area (Å²) in [5.41, 5.74) is 4.46. The van der Waals surface area contributed by atoms with Crippen LogP contribution in [0.3, 0.4) is 0 Å². The van der Waals surface area contributed by atoms with Gasteiger partial charge in [-0.25, -0.2) is 10.2 Å². The first-order chi connectivity index (χ1) is 19.0. The summed E-state index contributed by atoms with van der Waals surface area (Å²) in [6.07, 6.45) is 5.58. The van der Waals surface area contributed by atoms with Gasteiger partial charge in [0.15, 0.2) is 0 Å². The Kier molecular flexibility index (Phi) is 9.57. The molecule has 2 N–H and O–H groups in total. The molecule has 0 saturated carbocycles. The number of benzene rings is 3. The zero-order chi connectivity index (χ0) is 27.5. The molecule has 0 saturated heterocycles. The Morgan fingerprint density at radius 3 is 2.26 bits per heavy atom. The molecule has 0 radical (unpaired) electrons. The number of nitrogens with one attached hydrogen (secondary N) is 2. The van der Waals surface area contributed by atoms with E-state index in [-0.39, 0.29) is 18.2 Å². The van der Waals surface area contributed by atoms with Crippen molar-refractivity contribution in [3.63, 3.8) is 0 Å². The normalized spacial score (nSPS) is 11.1. The van der Waals surface area contributed by atoms with Crippen molar-refractivity contribution in [3.8, 4) is 5.75 Å². The minimum atomic E-state index is -0.610. The Bertz CT molecular complexity index is 1430. The summed E-state index contributed by atoms with van der Waals surface area (Å²) in [6, 6.07) is 27.1. The van der Waals surface area contributed by atoms with Crippen LogP contribution in [0.4, 0.5) is 0 Å². The minimum absolute atomic E-state index is 0.243. The number of nitrogens with zero attached hydrogens (tertiary/aromatic N) is 1. The number of ether oxygens (including phenoxy) is 1. The summed E-state index contributed by atoms with van der Waals surface area (Å²) >= 11 is 3.37. The third-order valence-corrected chi connectivity index (χ3v) is 5.95. The van der Waals surface area contributed by atoms with E-state index in [1.807, 2.05) is 60.7 Å². The van der Waals surface area contributed by atoms with Crippen LogP contribution in [0.1, 0.15) is 28.4 Å². The van der Waals surface area contributed by atoms with E-state index in [1.165, 1.54) is 24.6 Å². The maximum Gasteiger partial charge on any atom is 0.336 e. The van der Waals surface area contributed by atoms with Crippen LogP contribution in [0.15, 0.2) is 117 Å². The molecule has 9 heteroatoms. The van der Waals surface area contributed by atoms with E-state index >= 15 is 0 Å². The lowest BCUT2D eigenvalue weighted by Crippen LogP contribution is -2.37. The lowest BCUT2D eigenvalue weighted by molar-refractivity contribution is -0.129. The van der Waals surface area contributed by atoms with Crippen LogP contribution in [0.5, 0.6) is 5.75 Å². The molecule has 0 aliphatic heterocycles. The molecule has 0 aliphatic rings. The Morgan fingerprint density at radius 2 is 1.62 bits per heavy atom. The molecular formula is C30H24BrN3O5. The minimum Gasteiger partial charge on any atom is -0.465 e. The van der Waals surface area contributed by atoms with Crippen LogP contribution < -0.4 is 15.5 Å². The van der Waals surface area contributed by atoms with Gasteiger partial charge in [0, 0.05) is 16.1 Å². The SMILES string of the molecule is O=C(CNC(=O)C(c1ccccc1)c1ccccc1)N/N=C/c1cc(Br)ccc1OC(=O)/C=C/c1ccco1. The molecule has 2 amide bonds. The lowest BCUT2D eigenvalue weighted by atomic mass is 9.90. The molecule has 0 atom stereocenters. The topological polar surface area (TPSA) is 110 Å². The molecule has 4 aromatic rings. The zero-order valence-electron chi connectivity index (χ0n) is 20.6. The van der Waals surface area contributed by atoms with Crippen LogP contribution in [-0.4, -0.2) is 30.5 Å². The van der Waals surface area contributed by atoms with Gasteiger partial charge in [0.1, 0.15) is 11.5 Å². The summed E-state index contributed by atoms with van der Waals surface area (Å²) < 4.78 is 11.3. The molecule has 3 aromatic carbocycles. The fourth-order valence-corrected chi connectivity index (χ4v) is 4.04. The van der Waals surface area contributed by atoms with Crippen LogP contribution in [-0.2, 0) is 14.4 Å². The van der Waals surface area contributed by atoms with Gasteiger partial charge in [0.25, 0.3) is 5.91 Å². The molecular weight excluding hydrogens is 562 g/mol. The van der Waals surface area contributed by atoms with Crippen LogP contribution >= 0.6 is 15.9 Å². The fraction of sp³-hybridized carbons (Fsp3) is 0.0667. The third-order valence-electron chi connectivity index (χ3n) is 5.45. The number of hydrazone groups is 1. The van der Waals surface area contributed by atoms with Crippen molar-refractivity contribution in [1.82, 2.24) is 10.7 Å². The molecule has 0 bridgehead atoms. The van der Waals surface area contributed by atoms with Crippen molar-refractivity contribution in [2.45, 2.75) is 5.92 Å². The second kappa shape index (κ2) is 13.7. The van der Waals surface area contributed by atoms with Crippen LogP contribution in [0.25, 0.3) is 6.08 Å². The molecule has 1 aromatic heterocycles. The van der Waals surface area contributed by atoms with Crippen molar-refractivity contribution in [3.05, 3.63) is 130 Å². The third kappa shape index (κ3) is 8.11. The molecule has 0 aliphatic carbocycles.